The number of nitrogens with one attached hydrogen (secondary N) is 2. The molecule has 0 unspecified atom stereocenters. The van der Waals surface area contributed by atoms with E-state index in [1.807, 2.05) is 51.1 Å². The van der Waals surface area contributed by atoms with Gasteiger partial charge in [0.05, 0.1) is 7.11 Å². The molecule has 0 saturated carbocycles. The fourth-order valence-corrected chi connectivity index (χ4v) is 2.68. The van der Waals surface area contributed by atoms with Crippen molar-refractivity contribution < 1.29 is 23.9 Å². The number of carbonyl (C=O) groups is 3. The Bertz CT molecular complexity index is 618. The number of esters is 1. The van der Waals surface area contributed by atoms with Gasteiger partial charge in [0.25, 0.3) is 0 Å². The van der Waals surface area contributed by atoms with Gasteiger partial charge < -0.3 is 20.1 Å². The Hall–Kier alpha value is -2.57. The fourth-order valence-electron chi connectivity index (χ4n) is 2.68. The number of rotatable bonds is 11. The second kappa shape index (κ2) is 12.8. The lowest BCUT2D eigenvalue weighted by molar-refractivity contribution is -0.145. The molecule has 0 aliphatic carbocycles. The van der Waals surface area contributed by atoms with E-state index in [1.165, 1.54) is 7.11 Å². The Balaban J connectivity index is 2.69. The number of alkyl carbamates (subject to hydrolysis) is 1. The molecule has 2 atom stereocenters. The molecule has 28 heavy (non-hydrogen) atoms. The van der Waals surface area contributed by atoms with Crippen LogP contribution in [0.3, 0.4) is 0 Å². The molecule has 0 aromatic heterocycles. The van der Waals surface area contributed by atoms with Gasteiger partial charge in [0, 0.05) is 0 Å². The SMILES string of the molecule is CCCC[C@@H](NC(=O)[C@H](CC(C)C)NC(=O)OCc1ccccc1)C(=O)OC. The van der Waals surface area contributed by atoms with Gasteiger partial charge in [0.15, 0.2) is 0 Å². The number of ether oxygens (including phenoxy) is 2. The van der Waals surface area contributed by atoms with Crippen LogP contribution < -0.4 is 10.6 Å². The summed E-state index contributed by atoms with van der Waals surface area (Å²) in [5, 5.41) is 5.31. The zero-order valence-corrected chi connectivity index (χ0v) is 17.2. The molecule has 0 aliphatic rings. The first-order valence-electron chi connectivity index (χ1n) is 9.72. The van der Waals surface area contributed by atoms with Crippen LogP contribution in [-0.4, -0.2) is 37.2 Å². The molecule has 1 rings (SSSR count). The Labute approximate surface area is 167 Å². The van der Waals surface area contributed by atoms with E-state index in [-0.39, 0.29) is 12.5 Å². The molecule has 2 amide bonds. The van der Waals surface area contributed by atoms with E-state index in [0.29, 0.717) is 12.8 Å². The maximum Gasteiger partial charge on any atom is 0.408 e. The third-order valence-corrected chi connectivity index (χ3v) is 4.18. The molecule has 0 spiro atoms. The van der Waals surface area contributed by atoms with Gasteiger partial charge in [-0.3, -0.25) is 4.79 Å². The van der Waals surface area contributed by atoms with Gasteiger partial charge in [0.2, 0.25) is 5.91 Å². The van der Waals surface area contributed by atoms with Crippen molar-refractivity contribution in [2.24, 2.45) is 5.92 Å². The maximum atomic E-state index is 12.7. The zero-order valence-electron chi connectivity index (χ0n) is 17.2. The molecule has 156 valence electrons. The van der Waals surface area contributed by atoms with E-state index < -0.39 is 30.1 Å². The smallest absolute Gasteiger partial charge is 0.408 e. The van der Waals surface area contributed by atoms with Gasteiger partial charge in [-0.2, -0.15) is 0 Å². The van der Waals surface area contributed by atoms with Crippen molar-refractivity contribution in [1.29, 1.82) is 0 Å². The Kier molecular flexibility index (Phi) is 10.7. The second-order valence-electron chi connectivity index (χ2n) is 7.11. The summed E-state index contributed by atoms with van der Waals surface area (Å²) in [6, 6.07) is 7.76. The number of unbranched alkanes of at least 4 members (excludes halogenated alkanes) is 1. The van der Waals surface area contributed by atoms with Crippen molar-refractivity contribution in [1.82, 2.24) is 10.6 Å². The highest BCUT2D eigenvalue weighted by atomic mass is 16.5. The highest BCUT2D eigenvalue weighted by Gasteiger charge is 2.27. The van der Waals surface area contributed by atoms with Crippen LogP contribution in [0.1, 0.15) is 52.0 Å². The van der Waals surface area contributed by atoms with Crippen molar-refractivity contribution in [3.8, 4) is 0 Å². The van der Waals surface area contributed by atoms with Crippen LogP contribution in [0.5, 0.6) is 0 Å². The minimum Gasteiger partial charge on any atom is -0.467 e. The Morgan fingerprint density at radius 3 is 2.29 bits per heavy atom. The number of methoxy groups -OCH3 is 1. The maximum absolute atomic E-state index is 12.7. The zero-order chi connectivity index (χ0) is 20.9. The van der Waals surface area contributed by atoms with Crippen LogP contribution in [0.25, 0.3) is 0 Å². The molecule has 0 radical (unpaired) electrons. The fraction of sp³-hybridized carbons (Fsp3) is 0.571. The third kappa shape index (κ3) is 8.88. The Morgan fingerprint density at radius 1 is 1.04 bits per heavy atom. The molecule has 7 nitrogen and oxygen atoms in total. The van der Waals surface area contributed by atoms with E-state index in [0.717, 1.165) is 18.4 Å². The van der Waals surface area contributed by atoms with E-state index in [9.17, 15) is 14.4 Å². The summed E-state index contributed by atoms with van der Waals surface area (Å²) >= 11 is 0. The van der Waals surface area contributed by atoms with Gasteiger partial charge >= 0.3 is 12.1 Å². The summed E-state index contributed by atoms with van der Waals surface area (Å²) in [7, 11) is 1.29. The molecule has 0 heterocycles. The van der Waals surface area contributed by atoms with Crippen molar-refractivity contribution in [3.63, 3.8) is 0 Å². The largest absolute Gasteiger partial charge is 0.467 e. The summed E-state index contributed by atoms with van der Waals surface area (Å²) in [5.41, 5.74) is 0.854. The molecule has 0 fully saturated rings. The normalized spacial score (nSPS) is 12.8. The highest BCUT2D eigenvalue weighted by molar-refractivity contribution is 5.89. The summed E-state index contributed by atoms with van der Waals surface area (Å²) in [6.45, 7) is 6.02. The lowest BCUT2D eigenvalue weighted by Gasteiger charge is -2.23. The van der Waals surface area contributed by atoms with Crippen LogP contribution >= 0.6 is 0 Å². The van der Waals surface area contributed by atoms with E-state index in [4.69, 9.17) is 9.47 Å². The first-order chi connectivity index (χ1) is 13.4. The highest BCUT2D eigenvalue weighted by Crippen LogP contribution is 2.09. The first-order valence-corrected chi connectivity index (χ1v) is 9.72. The Morgan fingerprint density at radius 2 is 1.71 bits per heavy atom. The van der Waals surface area contributed by atoms with Gasteiger partial charge in [-0.25, -0.2) is 9.59 Å². The molecule has 0 bridgehead atoms. The minimum absolute atomic E-state index is 0.115. The molecule has 1 aromatic carbocycles. The van der Waals surface area contributed by atoms with Gasteiger partial charge in [-0.1, -0.05) is 63.9 Å². The monoisotopic (exact) mass is 392 g/mol. The van der Waals surface area contributed by atoms with E-state index in [2.05, 4.69) is 10.6 Å². The quantitative estimate of drug-likeness (QED) is 0.564. The average Bonchev–Trinajstić information content (AvgIpc) is 2.68. The predicted molar refractivity (Wildman–Crippen MR) is 106 cm³/mol. The molecule has 0 saturated heterocycles. The minimum atomic E-state index is -0.794. The topological polar surface area (TPSA) is 93.7 Å². The first kappa shape index (κ1) is 23.5. The van der Waals surface area contributed by atoms with Crippen molar-refractivity contribution >= 4 is 18.0 Å². The van der Waals surface area contributed by atoms with Crippen LogP contribution in [-0.2, 0) is 25.7 Å². The number of amides is 2. The van der Waals surface area contributed by atoms with Crippen molar-refractivity contribution in [2.75, 3.05) is 7.11 Å². The average molecular weight is 392 g/mol. The van der Waals surface area contributed by atoms with Gasteiger partial charge in [0.1, 0.15) is 18.7 Å². The molecular formula is C21H32N2O5. The molecular weight excluding hydrogens is 360 g/mol. The number of carbonyl (C=O) groups excluding carboxylic acids is 3. The van der Waals surface area contributed by atoms with Crippen molar-refractivity contribution in [3.05, 3.63) is 35.9 Å². The third-order valence-electron chi connectivity index (χ3n) is 4.18. The van der Waals surface area contributed by atoms with Crippen molar-refractivity contribution in [2.45, 2.75) is 65.1 Å². The van der Waals surface area contributed by atoms with Crippen LogP contribution in [0, 0.1) is 5.92 Å². The second-order valence-corrected chi connectivity index (χ2v) is 7.11. The van der Waals surface area contributed by atoms with E-state index in [1.54, 1.807) is 0 Å². The summed E-state index contributed by atoms with van der Waals surface area (Å²) < 4.78 is 9.98. The lowest BCUT2D eigenvalue weighted by atomic mass is 10.0. The molecule has 2 N–H and O–H groups in total. The van der Waals surface area contributed by atoms with Crippen LogP contribution in [0.4, 0.5) is 4.79 Å². The molecule has 0 aliphatic heterocycles. The summed E-state index contributed by atoms with van der Waals surface area (Å²) in [6.07, 6.45) is 1.91. The number of benzene rings is 1. The number of hydrogen-bond donors (Lipinski definition) is 2. The molecule has 7 heteroatoms. The van der Waals surface area contributed by atoms with Crippen LogP contribution in [0.15, 0.2) is 30.3 Å². The number of hydrogen-bond acceptors (Lipinski definition) is 5. The summed E-state index contributed by atoms with van der Waals surface area (Å²) in [4.78, 5) is 36.8. The molecule has 1 aromatic rings. The van der Waals surface area contributed by atoms with E-state index >= 15 is 0 Å². The summed E-state index contributed by atoms with van der Waals surface area (Å²) in [5.74, 6) is -0.744. The van der Waals surface area contributed by atoms with Gasteiger partial charge in [-0.05, 0) is 24.3 Å². The van der Waals surface area contributed by atoms with Crippen LogP contribution in [0.2, 0.25) is 0 Å². The standard InChI is InChI=1S/C21H32N2O5/c1-5-6-12-17(20(25)27-4)22-19(24)18(13-15(2)3)23-21(26)28-14-16-10-8-7-9-11-16/h7-11,15,17-18H,5-6,12-14H2,1-4H3,(H,22,24)(H,23,26)/t17-,18+/m1/s1. The van der Waals surface area contributed by atoms with Gasteiger partial charge in [-0.15, -0.1) is 0 Å². The predicted octanol–water partition coefficient (Wildman–Crippen LogP) is 3.18. The lowest BCUT2D eigenvalue weighted by Crippen LogP contribution is -2.52.